The molecule has 4 N–H and O–H groups in total. The largest absolute Gasteiger partial charge is 0.369 e. The number of hydrogen-bond acceptors (Lipinski definition) is 5. The molecule has 0 fully saturated rings. The lowest BCUT2D eigenvalue weighted by Gasteiger charge is -2.17. The van der Waals surface area contributed by atoms with Gasteiger partial charge < -0.3 is 5.32 Å². The molecule has 1 heterocycles. The molecule has 2 aromatic rings. The first kappa shape index (κ1) is 15.5. The summed E-state index contributed by atoms with van der Waals surface area (Å²) in [5, 5.41) is 4.51. The summed E-state index contributed by atoms with van der Waals surface area (Å²) < 4.78 is 0. The van der Waals surface area contributed by atoms with Crippen molar-refractivity contribution in [2.24, 2.45) is 11.8 Å². The molecule has 0 aliphatic heterocycles. The van der Waals surface area contributed by atoms with Crippen LogP contribution in [0.5, 0.6) is 0 Å². The van der Waals surface area contributed by atoms with E-state index in [0.29, 0.717) is 11.9 Å². The third-order valence-corrected chi connectivity index (χ3v) is 3.83. The zero-order chi connectivity index (χ0) is 15.1. The van der Waals surface area contributed by atoms with Gasteiger partial charge in [-0.2, -0.15) is 4.98 Å². The van der Waals surface area contributed by atoms with Crippen LogP contribution >= 0.6 is 0 Å². The molecular weight excluding hydrogens is 262 g/mol. The highest BCUT2D eigenvalue weighted by Crippen LogP contribution is 2.22. The summed E-state index contributed by atoms with van der Waals surface area (Å²) in [6.45, 7) is 5.41. The second-order valence-corrected chi connectivity index (χ2v) is 5.35. The predicted octanol–water partition coefficient (Wildman–Crippen LogP) is 3.54. The number of hydrazine groups is 1. The Balaban J connectivity index is 2.16. The molecule has 1 aromatic carbocycles. The Labute approximate surface area is 126 Å². The number of nitrogens with two attached hydrogens (primary N) is 1. The molecule has 0 bridgehead atoms. The minimum absolute atomic E-state index is 0.442. The van der Waals surface area contributed by atoms with Crippen molar-refractivity contribution in [1.29, 1.82) is 0 Å². The Hall–Kier alpha value is -1.88. The molecular formula is C16H25N5. The van der Waals surface area contributed by atoms with Crippen LogP contribution in [0.4, 0.5) is 11.8 Å². The number of rotatable bonds is 8. The van der Waals surface area contributed by atoms with Gasteiger partial charge in [0.1, 0.15) is 5.82 Å². The minimum atomic E-state index is 0.442. The van der Waals surface area contributed by atoms with Gasteiger partial charge in [0.2, 0.25) is 5.95 Å². The number of nitrogen functional groups attached to an aromatic ring is 1. The number of benzene rings is 1. The van der Waals surface area contributed by atoms with Gasteiger partial charge in [0.25, 0.3) is 0 Å². The normalized spacial score (nSPS) is 12.3. The summed E-state index contributed by atoms with van der Waals surface area (Å²) in [5.41, 5.74) is 3.43. The van der Waals surface area contributed by atoms with Gasteiger partial charge in [-0.1, -0.05) is 45.2 Å². The van der Waals surface area contributed by atoms with Crippen molar-refractivity contribution in [2.75, 3.05) is 17.3 Å². The van der Waals surface area contributed by atoms with Crippen molar-refractivity contribution < 1.29 is 0 Å². The first-order valence-corrected chi connectivity index (χ1v) is 7.75. The van der Waals surface area contributed by atoms with Gasteiger partial charge in [-0.15, -0.1) is 0 Å². The van der Waals surface area contributed by atoms with Crippen molar-refractivity contribution in [3.05, 3.63) is 24.3 Å². The molecule has 0 saturated carbocycles. The first-order chi connectivity index (χ1) is 10.3. The molecule has 5 heteroatoms. The van der Waals surface area contributed by atoms with Gasteiger partial charge in [-0.05, 0) is 24.5 Å². The van der Waals surface area contributed by atoms with Crippen LogP contribution in [0.3, 0.4) is 0 Å². The molecule has 0 amide bonds. The topological polar surface area (TPSA) is 75.9 Å². The number of nitrogens with one attached hydrogen (secondary N) is 2. The second kappa shape index (κ2) is 7.78. The lowest BCUT2D eigenvalue weighted by Crippen LogP contribution is -2.16. The standard InChI is InChI=1S/C16H25N5/c1-3-5-8-12(4-2)11-18-15-13-9-6-7-10-14(13)19-16(20-15)21-17/h6-7,9-10,12H,3-5,8,11,17H2,1-2H3,(H2,18,19,20,21). The van der Waals surface area contributed by atoms with Crippen LogP contribution in [0.2, 0.25) is 0 Å². The van der Waals surface area contributed by atoms with E-state index in [1.54, 1.807) is 0 Å². The zero-order valence-corrected chi connectivity index (χ0v) is 12.9. The monoisotopic (exact) mass is 287 g/mol. The molecule has 1 unspecified atom stereocenters. The van der Waals surface area contributed by atoms with Crippen LogP contribution in [0, 0.1) is 5.92 Å². The molecule has 2 rings (SSSR count). The van der Waals surface area contributed by atoms with Crippen LogP contribution in [0.1, 0.15) is 39.5 Å². The van der Waals surface area contributed by atoms with E-state index in [0.717, 1.165) is 23.3 Å². The number of fused-ring (bicyclic) bond motifs is 1. The fourth-order valence-electron chi connectivity index (χ4n) is 2.46. The Kier molecular flexibility index (Phi) is 5.75. The smallest absolute Gasteiger partial charge is 0.239 e. The predicted molar refractivity (Wildman–Crippen MR) is 89.1 cm³/mol. The van der Waals surface area contributed by atoms with Gasteiger partial charge in [0, 0.05) is 11.9 Å². The molecule has 5 nitrogen and oxygen atoms in total. The lowest BCUT2D eigenvalue weighted by molar-refractivity contribution is 0.472. The molecule has 1 atom stereocenters. The summed E-state index contributed by atoms with van der Waals surface area (Å²) >= 11 is 0. The van der Waals surface area contributed by atoms with E-state index >= 15 is 0 Å². The van der Waals surface area contributed by atoms with Gasteiger partial charge in [0.15, 0.2) is 0 Å². The average Bonchev–Trinajstić information content (AvgIpc) is 2.54. The Morgan fingerprint density at radius 1 is 1.19 bits per heavy atom. The third kappa shape index (κ3) is 4.04. The maximum absolute atomic E-state index is 5.45. The van der Waals surface area contributed by atoms with E-state index in [-0.39, 0.29) is 0 Å². The van der Waals surface area contributed by atoms with Gasteiger partial charge in [-0.25, -0.2) is 10.8 Å². The van der Waals surface area contributed by atoms with Crippen LogP contribution in [0.15, 0.2) is 24.3 Å². The Morgan fingerprint density at radius 3 is 2.71 bits per heavy atom. The fraction of sp³-hybridized carbons (Fsp3) is 0.500. The highest BCUT2D eigenvalue weighted by Gasteiger charge is 2.10. The molecule has 0 aliphatic rings. The number of aromatic nitrogens is 2. The number of hydrogen-bond donors (Lipinski definition) is 3. The molecule has 0 spiro atoms. The van der Waals surface area contributed by atoms with Gasteiger partial charge in [-0.3, -0.25) is 5.43 Å². The van der Waals surface area contributed by atoms with Gasteiger partial charge >= 0.3 is 0 Å². The maximum Gasteiger partial charge on any atom is 0.239 e. The zero-order valence-electron chi connectivity index (χ0n) is 12.9. The summed E-state index contributed by atoms with van der Waals surface area (Å²) in [5.74, 6) is 7.42. The van der Waals surface area contributed by atoms with Crippen LogP contribution < -0.4 is 16.6 Å². The van der Waals surface area contributed by atoms with Crippen LogP contribution in [0.25, 0.3) is 10.9 Å². The summed E-state index contributed by atoms with van der Waals surface area (Å²) in [4.78, 5) is 8.81. The van der Waals surface area contributed by atoms with Crippen LogP contribution in [-0.4, -0.2) is 16.5 Å². The molecule has 0 aliphatic carbocycles. The van der Waals surface area contributed by atoms with E-state index in [1.807, 2.05) is 24.3 Å². The molecule has 114 valence electrons. The highest BCUT2D eigenvalue weighted by molar-refractivity contribution is 5.89. The average molecular weight is 287 g/mol. The Morgan fingerprint density at radius 2 is 2.00 bits per heavy atom. The first-order valence-electron chi connectivity index (χ1n) is 7.75. The molecule has 1 aromatic heterocycles. The van der Waals surface area contributed by atoms with E-state index in [9.17, 15) is 0 Å². The number of nitrogens with zero attached hydrogens (tertiary/aromatic N) is 2. The number of anilines is 2. The summed E-state index contributed by atoms with van der Waals surface area (Å²) in [6, 6.07) is 7.97. The van der Waals surface area contributed by atoms with Gasteiger partial charge in [0.05, 0.1) is 5.52 Å². The van der Waals surface area contributed by atoms with E-state index in [4.69, 9.17) is 5.84 Å². The highest BCUT2D eigenvalue weighted by atomic mass is 15.3. The molecule has 21 heavy (non-hydrogen) atoms. The van der Waals surface area contributed by atoms with Crippen molar-refractivity contribution in [2.45, 2.75) is 39.5 Å². The quantitative estimate of drug-likeness (QED) is 0.511. The van der Waals surface area contributed by atoms with Crippen molar-refractivity contribution in [1.82, 2.24) is 9.97 Å². The van der Waals surface area contributed by atoms with Crippen molar-refractivity contribution in [3.8, 4) is 0 Å². The fourth-order valence-corrected chi connectivity index (χ4v) is 2.46. The van der Waals surface area contributed by atoms with Crippen molar-refractivity contribution in [3.63, 3.8) is 0 Å². The van der Waals surface area contributed by atoms with E-state index in [2.05, 4.69) is 34.6 Å². The SMILES string of the molecule is CCCCC(CC)CNc1nc(NN)nc2ccccc12. The third-order valence-electron chi connectivity index (χ3n) is 3.83. The van der Waals surface area contributed by atoms with Crippen LogP contribution in [-0.2, 0) is 0 Å². The summed E-state index contributed by atoms with van der Waals surface area (Å²) in [7, 11) is 0. The molecule has 0 radical (unpaired) electrons. The van der Waals surface area contributed by atoms with E-state index in [1.165, 1.54) is 25.7 Å². The van der Waals surface area contributed by atoms with E-state index < -0.39 is 0 Å². The number of unbranched alkanes of at least 4 members (excludes halogenated alkanes) is 1. The Bertz CT molecular complexity index is 570. The summed E-state index contributed by atoms with van der Waals surface area (Å²) in [6.07, 6.45) is 4.96. The van der Waals surface area contributed by atoms with Crippen molar-refractivity contribution >= 4 is 22.7 Å². The molecule has 0 saturated heterocycles. The minimum Gasteiger partial charge on any atom is -0.369 e. The number of para-hydroxylation sites is 1. The second-order valence-electron chi connectivity index (χ2n) is 5.35. The maximum atomic E-state index is 5.45. The lowest BCUT2D eigenvalue weighted by atomic mass is 9.99.